The van der Waals surface area contributed by atoms with Gasteiger partial charge in [0.25, 0.3) is 0 Å². The van der Waals surface area contributed by atoms with Crippen LogP contribution in [0.2, 0.25) is 0 Å². The summed E-state index contributed by atoms with van der Waals surface area (Å²) in [6.45, 7) is 5.42. The maximum absolute atomic E-state index is 12.5. The summed E-state index contributed by atoms with van der Waals surface area (Å²) >= 11 is 0. The van der Waals surface area contributed by atoms with E-state index >= 15 is 0 Å². The van der Waals surface area contributed by atoms with Crippen LogP contribution in [0.15, 0.2) is 28.4 Å². The molecule has 0 radical (unpaired) electrons. The number of allylic oxidation sites excluding steroid dienone is 1. The first-order chi connectivity index (χ1) is 12.8. The number of ketones is 1. The Hall–Kier alpha value is -2.83. The van der Waals surface area contributed by atoms with Crippen molar-refractivity contribution in [2.75, 3.05) is 21.3 Å². The van der Waals surface area contributed by atoms with E-state index in [0.29, 0.717) is 28.5 Å². The number of Topliss-reactive ketones (excluding diaryl/α,β-unsaturated/α-hetero) is 1. The zero-order chi connectivity index (χ0) is 20.1. The van der Waals surface area contributed by atoms with Gasteiger partial charge < -0.3 is 19.5 Å². The molecule has 1 aliphatic heterocycles. The highest BCUT2D eigenvalue weighted by Gasteiger charge is 2.23. The molecule has 0 aromatic heterocycles. The second kappa shape index (κ2) is 8.70. The van der Waals surface area contributed by atoms with E-state index in [1.54, 1.807) is 19.1 Å². The summed E-state index contributed by atoms with van der Waals surface area (Å²) in [6.07, 6.45) is 0.276. The van der Waals surface area contributed by atoms with E-state index in [1.165, 1.54) is 21.3 Å². The Labute approximate surface area is 159 Å². The minimum Gasteiger partial charge on any atom is -0.493 e. The molecule has 27 heavy (non-hydrogen) atoms. The topological polar surface area (TPSA) is 86.2 Å². The van der Waals surface area contributed by atoms with Gasteiger partial charge in [-0.1, -0.05) is 0 Å². The molecule has 1 amide bonds. The maximum atomic E-state index is 12.5. The van der Waals surface area contributed by atoms with Gasteiger partial charge in [0.15, 0.2) is 17.3 Å². The van der Waals surface area contributed by atoms with Crippen LogP contribution in [0.25, 0.3) is 0 Å². The minimum absolute atomic E-state index is 0.0101. The lowest BCUT2D eigenvalue weighted by molar-refractivity contribution is -0.123. The van der Waals surface area contributed by atoms with E-state index in [1.807, 2.05) is 13.8 Å². The van der Waals surface area contributed by atoms with Crippen molar-refractivity contribution in [3.8, 4) is 17.2 Å². The Kier molecular flexibility index (Phi) is 6.60. The zero-order valence-corrected chi connectivity index (χ0v) is 16.6. The molecule has 0 aliphatic carbocycles. The van der Waals surface area contributed by atoms with Crippen molar-refractivity contribution < 1.29 is 23.8 Å². The number of nitrogens with zero attached hydrogens (tertiary/aromatic N) is 1. The van der Waals surface area contributed by atoms with Crippen LogP contribution in [-0.2, 0) is 9.59 Å². The van der Waals surface area contributed by atoms with Crippen LogP contribution in [0.3, 0.4) is 0 Å². The van der Waals surface area contributed by atoms with E-state index in [-0.39, 0.29) is 30.6 Å². The van der Waals surface area contributed by atoms with Crippen molar-refractivity contribution in [2.45, 2.75) is 39.7 Å². The number of benzene rings is 1. The molecule has 0 saturated heterocycles. The van der Waals surface area contributed by atoms with Gasteiger partial charge in [-0.15, -0.1) is 0 Å². The van der Waals surface area contributed by atoms with E-state index in [4.69, 9.17) is 14.2 Å². The largest absolute Gasteiger partial charge is 0.493 e. The Morgan fingerprint density at radius 1 is 1.15 bits per heavy atom. The molecular formula is C20H26N2O5. The molecule has 0 spiro atoms. The van der Waals surface area contributed by atoms with Gasteiger partial charge >= 0.3 is 0 Å². The van der Waals surface area contributed by atoms with Crippen LogP contribution in [-0.4, -0.2) is 38.7 Å². The van der Waals surface area contributed by atoms with Crippen LogP contribution in [0, 0.1) is 0 Å². The summed E-state index contributed by atoms with van der Waals surface area (Å²) in [5.41, 5.74) is 2.65. The fourth-order valence-electron chi connectivity index (χ4n) is 3.05. The normalized spacial score (nSPS) is 15.2. The lowest BCUT2D eigenvalue weighted by Gasteiger charge is -2.20. The van der Waals surface area contributed by atoms with Crippen LogP contribution in [0.1, 0.15) is 45.2 Å². The van der Waals surface area contributed by atoms with E-state index in [0.717, 1.165) is 11.3 Å². The number of carbonyl (C=O) groups is 2. The number of rotatable bonds is 7. The number of nitrogens with one attached hydrogen (secondary N) is 1. The molecule has 1 aromatic carbocycles. The standard InChI is InChI=1S/C20H26N2O5/c1-11-7-16(23)15(13(3)21-11)10-19(24)22-12(2)14-8-17(25-4)20(27-6)18(9-14)26-5/h8-9,12H,7,10H2,1-6H3,(H,22,24). The van der Waals surface area contributed by atoms with Gasteiger partial charge in [-0.3, -0.25) is 14.6 Å². The molecule has 7 nitrogen and oxygen atoms in total. The highest BCUT2D eigenvalue weighted by Crippen LogP contribution is 2.39. The lowest BCUT2D eigenvalue weighted by atomic mass is 9.98. The van der Waals surface area contributed by atoms with Crippen molar-refractivity contribution in [1.29, 1.82) is 0 Å². The summed E-state index contributed by atoms with van der Waals surface area (Å²) < 4.78 is 16.0. The number of ether oxygens (including phenoxy) is 3. The number of carbonyl (C=O) groups excluding carboxylic acids is 2. The highest BCUT2D eigenvalue weighted by atomic mass is 16.5. The van der Waals surface area contributed by atoms with Gasteiger partial charge in [0.2, 0.25) is 11.7 Å². The Bertz CT molecular complexity index is 786. The average Bonchev–Trinajstić information content (AvgIpc) is 2.63. The number of hydrogen-bond donors (Lipinski definition) is 1. The average molecular weight is 374 g/mol. The van der Waals surface area contributed by atoms with E-state index in [2.05, 4.69) is 10.3 Å². The molecular weight excluding hydrogens is 348 g/mol. The van der Waals surface area contributed by atoms with Crippen molar-refractivity contribution in [3.63, 3.8) is 0 Å². The third-order valence-corrected chi connectivity index (χ3v) is 4.45. The predicted octanol–water partition coefficient (Wildman–Crippen LogP) is 2.99. The first-order valence-corrected chi connectivity index (χ1v) is 8.67. The lowest BCUT2D eigenvalue weighted by Crippen LogP contribution is -2.29. The van der Waals surface area contributed by atoms with Crippen LogP contribution < -0.4 is 19.5 Å². The molecule has 0 saturated carbocycles. The quantitative estimate of drug-likeness (QED) is 0.793. The monoisotopic (exact) mass is 374 g/mol. The molecule has 1 heterocycles. The fourth-order valence-corrected chi connectivity index (χ4v) is 3.05. The third-order valence-electron chi connectivity index (χ3n) is 4.45. The highest BCUT2D eigenvalue weighted by molar-refractivity contribution is 6.13. The summed E-state index contributed by atoms with van der Waals surface area (Å²) in [7, 11) is 4.61. The third kappa shape index (κ3) is 4.67. The van der Waals surface area contributed by atoms with Gasteiger partial charge in [-0.2, -0.15) is 0 Å². The number of methoxy groups -OCH3 is 3. The van der Waals surface area contributed by atoms with Crippen LogP contribution >= 0.6 is 0 Å². The SMILES string of the molecule is COc1cc(C(C)NC(=O)CC2=C(C)N=C(C)CC2=O)cc(OC)c1OC. The van der Waals surface area contributed by atoms with Crippen LogP contribution in [0.4, 0.5) is 0 Å². The second-order valence-electron chi connectivity index (χ2n) is 6.44. The van der Waals surface area contributed by atoms with Crippen molar-refractivity contribution in [1.82, 2.24) is 5.32 Å². The van der Waals surface area contributed by atoms with E-state index < -0.39 is 0 Å². The molecule has 0 bridgehead atoms. The smallest absolute Gasteiger partial charge is 0.225 e. The number of aliphatic imine (C=N–C) groups is 1. The predicted molar refractivity (Wildman–Crippen MR) is 103 cm³/mol. The fraction of sp³-hybridized carbons (Fsp3) is 0.450. The van der Waals surface area contributed by atoms with Gasteiger partial charge in [0.1, 0.15) is 0 Å². The molecule has 1 aromatic rings. The van der Waals surface area contributed by atoms with Gasteiger partial charge in [0.05, 0.1) is 33.8 Å². The maximum Gasteiger partial charge on any atom is 0.225 e. The van der Waals surface area contributed by atoms with Gasteiger partial charge in [-0.25, -0.2) is 0 Å². The van der Waals surface area contributed by atoms with Crippen molar-refractivity contribution in [3.05, 3.63) is 29.0 Å². The number of amides is 1. The van der Waals surface area contributed by atoms with Gasteiger partial charge in [0, 0.05) is 23.4 Å². The molecule has 1 atom stereocenters. The zero-order valence-electron chi connectivity index (χ0n) is 16.6. The Morgan fingerprint density at radius 2 is 1.74 bits per heavy atom. The summed E-state index contributed by atoms with van der Waals surface area (Å²) in [6, 6.07) is 3.27. The van der Waals surface area contributed by atoms with Crippen molar-refractivity contribution in [2.24, 2.45) is 4.99 Å². The molecule has 1 aliphatic rings. The van der Waals surface area contributed by atoms with Crippen molar-refractivity contribution >= 4 is 17.4 Å². The van der Waals surface area contributed by atoms with E-state index in [9.17, 15) is 9.59 Å². The molecule has 1 N–H and O–H groups in total. The molecule has 7 heteroatoms. The second-order valence-corrected chi connectivity index (χ2v) is 6.44. The molecule has 146 valence electrons. The number of hydrogen-bond acceptors (Lipinski definition) is 6. The summed E-state index contributed by atoms with van der Waals surface area (Å²) in [5, 5.41) is 2.91. The Balaban J connectivity index is 2.17. The first kappa shape index (κ1) is 20.5. The first-order valence-electron chi connectivity index (χ1n) is 8.67. The van der Waals surface area contributed by atoms with Gasteiger partial charge in [-0.05, 0) is 38.5 Å². The van der Waals surface area contributed by atoms with Crippen LogP contribution in [0.5, 0.6) is 17.2 Å². The summed E-state index contributed by atoms with van der Waals surface area (Å²) in [5.74, 6) is 1.23. The Morgan fingerprint density at radius 3 is 2.22 bits per heavy atom. The minimum atomic E-state index is -0.309. The molecule has 1 unspecified atom stereocenters. The summed E-state index contributed by atoms with van der Waals surface area (Å²) in [4.78, 5) is 29.0. The molecule has 0 fully saturated rings. The molecule has 2 rings (SSSR count).